The molecule has 1 rings (SSSR count). The molecule has 0 aliphatic rings. The predicted octanol–water partition coefficient (Wildman–Crippen LogP) is 0.360. The van der Waals surface area contributed by atoms with Gasteiger partial charge in [-0.2, -0.15) is 0 Å². The van der Waals surface area contributed by atoms with E-state index in [4.69, 9.17) is 9.47 Å². The van der Waals surface area contributed by atoms with Gasteiger partial charge in [0, 0.05) is 0 Å². The Labute approximate surface area is 109 Å². The van der Waals surface area contributed by atoms with Crippen molar-refractivity contribution in [3.63, 3.8) is 0 Å². The van der Waals surface area contributed by atoms with Crippen molar-refractivity contribution in [3.8, 4) is 11.5 Å². The molecule has 2 N–H and O–H groups in total. The highest BCUT2D eigenvalue weighted by atomic mass is 16.5. The first-order valence-corrected chi connectivity index (χ1v) is 6.48. The van der Waals surface area contributed by atoms with Crippen molar-refractivity contribution in [2.75, 3.05) is 33.4 Å². The van der Waals surface area contributed by atoms with Crippen LogP contribution >= 0.6 is 0 Å². The number of likely N-dealkylation sites (N-methyl/N-ethyl adjacent to an activating group) is 1. The number of aliphatic hydroxyl groups excluding tert-OH is 1. The Bertz CT molecular complexity index is 322. The first-order chi connectivity index (χ1) is 8.69. The van der Waals surface area contributed by atoms with Crippen LogP contribution in [0.3, 0.4) is 0 Å². The minimum atomic E-state index is -0.429. The maximum absolute atomic E-state index is 9.87. The molecule has 0 aromatic heterocycles. The van der Waals surface area contributed by atoms with Crippen molar-refractivity contribution < 1.29 is 19.5 Å². The lowest BCUT2D eigenvalue weighted by molar-refractivity contribution is -0.899. The number of hydrogen-bond acceptors (Lipinski definition) is 3. The number of nitrogens with one attached hydrogen (secondary N) is 1. The Morgan fingerprint density at radius 1 is 1.11 bits per heavy atom. The van der Waals surface area contributed by atoms with Crippen molar-refractivity contribution in [2.45, 2.75) is 20.0 Å². The number of quaternary nitrogens is 1. The van der Waals surface area contributed by atoms with Crippen LogP contribution in [0.15, 0.2) is 24.3 Å². The number of aliphatic hydroxyl groups is 1. The second-order valence-electron chi connectivity index (χ2n) is 4.30. The Hall–Kier alpha value is -1.26. The molecule has 0 bridgehead atoms. The van der Waals surface area contributed by atoms with Gasteiger partial charge in [0.2, 0.25) is 0 Å². The number of rotatable bonds is 8. The fourth-order valence-corrected chi connectivity index (χ4v) is 1.80. The van der Waals surface area contributed by atoms with E-state index in [-0.39, 0.29) is 0 Å². The van der Waals surface area contributed by atoms with Crippen molar-refractivity contribution >= 4 is 0 Å². The summed E-state index contributed by atoms with van der Waals surface area (Å²) in [6, 6.07) is 7.38. The molecule has 0 saturated heterocycles. The molecule has 0 saturated carbocycles. The highest BCUT2D eigenvalue weighted by Gasteiger charge is 2.12. The van der Waals surface area contributed by atoms with Gasteiger partial charge < -0.3 is 19.5 Å². The van der Waals surface area contributed by atoms with E-state index in [1.54, 1.807) is 7.11 Å². The molecular weight excluding hydrogens is 230 g/mol. The SMILES string of the molecule is CC[NH+](CC)C[C@@H](O)COc1ccc(OC)cc1. The van der Waals surface area contributed by atoms with Gasteiger partial charge in [-0.15, -0.1) is 0 Å². The summed E-state index contributed by atoms with van der Waals surface area (Å²) >= 11 is 0. The number of methoxy groups -OCH3 is 1. The van der Waals surface area contributed by atoms with Crippen LogP contribution in [0.25, 0.3) is 0 Å². The molecule has 4 nitrogen and oxygen atoms in total. The maximum Gasteiger partial charge on any atom is 0.137 e. The van der Waals surface area contributed by atoms with Crippen LogP contribution in [0.5, 0.6) is 11.5 Å². The molecule has 0 aliphatic carbocycles. The van der Waals surface area contributed by atoms with Crippen LogP contribution in [0.1, 0.15) is 13.8 Å². The van der Waals surface area contributed by atoms with Gasteiger partial charge in [0.05, 0.1) is 20.2 Å². The molecule has 0 heterocycles. The summed E-state index contributed by atoms with van der Waals surface area (Å²) in [6.45, 7) is 7.34. The van der Waals surface area contributed by atoms with E-state index in [0.717, 1.165) is 31.1 Å². The van der Waals surface area contributed by atoms with Gasteiger partial charge >= 0.3 is 0 Å². The zero-order valence-corrected chi connectivity index (χ0v) is 11.5. The summed E-state index contributed by atoms with van der Waals surface area (Å²) in [5, 5.41) is 9.87. The molecule has 1 atom stereocenters. The minimum absolute atomic E-state index is 0.329. The lowest BCUT2D eigenvalue weighted by atomic mass is 10.3. The third kappa shape index (κ3) is 4.94. The molecule has 4 heteroatoms. The monoisotopic (exact) mass is 254 g/mol. The van der Waals surface area contributed by atoms with E-state index in [1.807, 2.05) is 24.3 Å². The van der Waals surface area contributed by atoms with Crippen LogP contribution < -0.4 is 14.4 Å². The summed E-state index contributed by atoms with van der Waals surface area (Å²) in [5.74, 6) is 1.56. The third-order valence-electron chi connectivity index (χ3n) is 3.03. The summed E-state index contributed by atoms with van der Waals surface area (Å²) in [6.07, 6.45) is -0.429. The molecule has 102 valence electrons. The molecule has 0 radical (unpaired) electrons. The standard InChI is InChI=1S/C14H23NO3/c1-4-15(5-2)10-12(16)11-18-14-8-6-13(17-3)7-9-14/h6-9,12,16H,4-5,10-11H2,1-3H3/p+1/t12-/m1/s1. The van der Waals surface area contributed by atoms with E-state index in [9.17, 15) is 5.11 Å². The van der Waals surface area contributed by atoms with E-state index in [0.29, 0.717) is 6.61 Å². The van der Waals surface area contributed by atoms with Crippen molar-refractivity contribution in [1.82, 2.24) is 0 Å². The number of benzene rings is 1. The van der Waals surface area contributed by atoms with Crippen LogP contribution in [-0.2, 0) is 0 Å². The molecule has 0 unspecified atom stereocenters. The average Bonchev–Trinajstić information content (AvgIpc) is 2.43. The minimum Gasteiger partial charge on any atom is -0.497 e. The Morgan fingerprint density at radius 3 is 2.17 bits per heavy atom. The average molecular weight is 254 g/mol. The first-order valence-electron chi connectivity index (χ1n) is 6.48. The van der Waals surface area contributed by atoms with Gasteiger partial charge in [-0.3, -0.25) is 0 Å². The molecular formula is C14H24NO3+. The topological polar surface area (TPSA) is 43.1 Å². The number of ether oxygens (including phenoxy) is 2. The van der Waals surface area contributed by atoms with Crippen LogP contribution in [0.4, 0.5) is 0 Å². The Balaban J connectivity index is 2.34. The largest absolute Gasteiger partial charge is 0.497 e. The second-order valence-corrected chi connectivity index (χ2v) is 4.30. The molecule has 1 aromatic rings. The molecule has 0 aliphatic heterocycles. The zero-order chi connectivity index (χ0) is 13.4. The van der Waals surface area contributed by atoms with Gasteiger partial charge in [0.1, 0.15) is 30.8 Å². The quantitative estimate of drug-likeness (QED) is 0.704. The van der Waals surface area contributed by atoms with E-state index < -0.39 is 6.10 Å². The normalized spacial score (nSPS) is 12.5. The van der Waals surface area contributed by atoms with E-state index >= 15 is 0 Å². The lowest BCUT2D eigenvalue weighted by Gasteiger charge is -2.19. The van der Waals surface area contributed by atoms with Crippen LogP contribution in [-0.4, -0.2) is 44.6 Å². The second kappa shape index (κ2) is 7.95. The van der Waals surface area contributed by atoms with Crippen molar-refractivity contribution in [2.24, 2.45) is 0 Å². The van der Waals surface area contributed by atoms with Crippen LogP contribution in [0.2, 0.25) is 0 Å². The first kappa shape index (κ1) is 14.8. The number of hydrogen-bond donors (Lipinski definition) is 2. The highest BCUT2D eigenvalue weighted by Crippen LogP contribution is 2.16. The molecule has 0 fully saturated rings. The van der Waals surface area contributed by atoms with E-state index in [1.165, 1.54) is 4.90 Å². The summed E-state index contributed by atoms with van der Waals surface area (Å²) in [7, 11) is 1.63. The fourth-order valence-electron chi connectivity index (χ4n) is 1.80. The van der Waals surface area contributed by atoms with Crippen molar-refractivity contribution in [1.29, 1.82) is 0 Å². The summed E-state index contributed by atoms with van der Waals surface area (Å²) in [4.78, 5) is 1.38. The molecule has 0 spiro atoms. The zero-order valence-electron chi connectivity index (χ0n) is 11.5. The predicted molar refractivity (Wildman–Crippen MR) is 71.4 cm³/mol. The van der Waals surface area contributed by atoms with Gasteiger partial charge in [0.15, 0.2) is 0 Å². The van der Waals surface area contributed by atoms with Gasteiger partial charge in [-0.1, -0.05) is 0 Å². The highest BCUT2D eigenvalue weighted by molar-refractivity contribution is 5.31. The Morgan fingerprint density at radius 2 is 1.67 bits per heavy atom. The molecule has 0 amide bonds. The van der Waals surface area contributed by atoms with E-state index in [2.05, 4.69) is 13.8 Å². The van der Waals surface area contributed by atoms with Crippen LogP contribution in [0, 0.1) is 0 Å². The van der Waals surface area contributed by atoms with Gasteiger partial charge in [-0.05, 0) is 38.1 Å². The maximum atomic E-state index is 9.87. The van der Waals surface area contributed by atoms with Gasteiger partial charge in [-0.25, -0.2) is 0 Å². The molecule has 1 aromatic carbocycles. The Kier molecular flexibility index (Phi) is 6.54. The summed E-state index contributed by atoms with van der Waals surface area (Å²) in [5.41, 5.74) is 0. The van der Waals surface area contributed by atoms with Gasteiger partial charge in [0.25, 0.3) is 0 Å². The fraction of sp³-hybridized carbons (Fsp3) is 0.571. The molecule has 18 heavy (non-hydrogen) atoms. The third-order valence-corrected chi connectivity index (χ3v) is 3.03. The van der Waals surface area contributed by atoms with Crippen molar-refractivity contribution in [3.05, 3.63) is 24.3 Å². The lowest BCUT2D eigenvalue weighted by Crippen LogP contribution is -3.12. The smallest absolute Gasteiger partial charge is 0.137 e. The summed E-state index contributed by atoms with van der Waals surface area (Å²) < 4.78 is 10.6.